The molecule has 1 unspecified atom stereocenters. The van der Waals surface area contributed by atoms with Gasteiger partial charge in [0.05, 0.1) is 0 Å². The lowest BCUT2D eigenvalue weighted by molar-refractivity contribution is -0.0849. The van der Waals surface area contributed by atoms with Crippen molar-refractivity contribution in [2.24, 2.45) is 5.92 Å². The Hall–Kier alpha value is -0.770. The number of hydrogen-bond acceptors (Lipinski definition) is 3. The SMILES string of the molecule is CC(C)CCOC1CCCCN1C(=O)OC(C)(C)C. The maximum Gasteiger partial charge on any atom is 0.412 e. The minimum Gasteiger partial charge on any atom is -0.444 e. The molecule has 19 heavy (non-hydrogen) atoms. The summed E-state index contributed by atoms with van der Waals surface area (Å²) in [6, 6.07) is 0. The molecule has 1 saturated heterocycles. The van der Waals surface area contributed by atoms with Crippen LogP contribution in [0.4, 0.5) is 4.79 Å². The summed E-state index contributed by atoms with van der Waals surface area (Å²) < 4.78 is 11.3. The molecule has 0 spiro atoms. The van der Waals surface area contributed by atoms with Gasteiger partial charge in [-0.15, -0.1) is 0 Å². The van der Waals surface area contributed by atoms with Crippen LogP contribution in [0.3, 0.4) is 0 Å². The van der Waals surface area contributed by atoms with E-state index in [1.165, 1.54) is 0 Å². The summed E-state index contributed by atoms with van der Waals surface area (Å²) in [5.41, 5.74) is -0.447. The topological polar surface area (TPSA) is 38.8 Å². The highest BCUT2D eigenvalue weighted by atomic mass is 16.6. The summed E-state index contributed by atoms with van der Waals surface area (Å²) in [6.45, 7) is 11.5. The van der Waals surface area contributed by atoms with Gasteiger partial charge in [0.2, 0.25) is 0 Å². The summed E-state index contributed by atoms with van der Waals surface area (Å²) >= 11 is 0. The van der Waals surface area contributed by atoms with Crippen molar-refractivity contribution >= 4 is 6.09 Å². The molecule has 1 aliphatic rings. The molecule has 0 aromatic heterocycles. The Labute approximate surface area is 117 Å². The van der Waals surface area contributed by atoms with Gasteiger partial charge in [0.25, 0.3) is 0 Å². The minimum absolute atomic E-state index is 0.109. The Balaban J connectivity index is 2.49. The average molecular weight is 271 g/mol. The number of rotatable bonds is 4. The Bertz CT molecular complexity index is 284. The average Bonchev–Trinajstić information content (AvgIpc) is 2.26. The van der Waals surface area contributed by atoms with E-state index in [1.807, 2.05) is 20.8 Å². The molecular formula is C15H29NO3. The molecule has 1 atom stereocenters. The zero-order valence-corrected chi connectivity index (χ0v) is 13.1. The van der Waals surface area contributed by atoms with Crippen LogP contribution in [-0.2, 0) is 9.47 Å². The van der Waals surface area contributed by atoms with Crippen LogP contribution in [0.5, 0.6) is 0 Å². The smallest absolute Gasteiger partial charge is 0.412 e. The molecule has 0 aromatic rings. The van der Waals surface area contributed by atoms with Crippen molar-refractivity contribution in [3.63, 3.8) is 0 Å². The number of carbonyl (C=O) groups is 1. The van der Waals surface area contributed by atoms with Crippen molar-refractivity contribution in [1.82, 2.24) is 4.90 Å². The molecule has 0 radical (unpaired) electrons. The van der Waals surface area contributed by atoms with E-state index in [4.69, 9.17) is 9.47 Å². The second kappa shape index (κ2) is 7.13. The van der Waals surface area contributed by atoms with E-state index < -0.39 is 5.60 Å². The van der Waals surface area contributed by atoms with Crippen LogP contribution in [0, 0.1) is 5.92 Å². The quantitative estimate of drug-likeness (QED) is 0.780. The molecule has 4 heteroatoms. The number of nitrogens with zero attached hydrogens (tertiary/aromatic N) is 1. The fourth-order valence-electron chi connectivity index (χ4n) is 2.04. The van der Waals surface area contributed by atoms with Gasteiger partial charge in [-0.3, -0.25) is 4.90 Å². The highest BCUT2D eigenvalue weighted by Crippen LogP contribution is 2.21. The number of likely N-dealkylation sites (tertiary alicyclic amines) is 1. The van der Waals surface area contributed by atoms with Gasteiger partial charge in [0.1, 0.15) is 11.8 Å². The van der Waals surface area contributed by atoms with Crippen molar-refractivity contribution in [1.29, 1.82) is 0 Å². The third-order valence-electron chi connectivity index (χ3n) is 3.08. The van der Waals surface area contributed by atoms with Crippen LogP contribution in [0.25, 0.3) is 0 Å². The van der Waals surface area contributed by atoms with Gasteiger partial charge in [0, 0.05) is 13.2 Å². The maximum absolute atomic E-state index is 12.1. The van der Waals surface area contributed by atoms with Crippen molar-refractivity contribution in [3.05, 3.63) is 0 Å². The molecule has 0 bridgehead atoms. The molecule has 0 N–H and O–H groups in total. The number of ether oxygens (including phenoxy) is 2. The van der Waals surface area contributed by atoms with Gasteiger partial charge >= 0.3 is 6.09 Å². The third-order valence-corrected chi connectivity index (χ3v) is 3.08. The molecule has 1 heterocycles. The normalized spacial score (nSPS) is 20.7. The largest absolute Gasteiger partial charge is 0.444 e. The van der Waals surface area contributed by atoms with Gasteiger partial charge in [0.15, 0.2) is 0 Å². The molecule has 4 nitrogen and oxygen atoms in total. The zero-order chi connectivity index (χ0) is 14.5. The van der Waals surface area contributed by atoms with E-state index in [9.17, 15) is 4.79 Å². The van der Waals surface area contributed by atoms with Crippen LogP contribution in [0.1, 0.15) is 60.3 Å². The van der Waals surface area contributed by atoms with Gasteiger partial charge < -0.3 is 9.47 Å². The lowest BCUT2D eigenvalue weighted by atomic mass is 10.1. The molecule has 0 saturated carbocycles. The maximum atomic E-state index is 12.1. The van der Waals surface area contributed by atoms with Crippen molar-refractivity contribution in [2.45, 2.75) is 72.1 Å². The number of carbonyl (C=O) groups excluding carboxylic acids is 1. The molecule has 112 valence electrons. The fraction of sp³-hybridized carbons (Fsp3) is 0.933. The van der Waals surface area contributed by atoms with Crippen LogP contribution < -0.4 is 0 Å². The summed E-state index contributed by atoms with van der Waals surface area (Å²) in [5.74, 6) is 0.624. The Kier molecular flexibility index (Phi) is 6.11. The number of amides is 1. The lowest BCUT2D eigenvalue weighted by Gasteiger charge is -2.36. The van der Waals surface area contributed by atoms with Crippen molar-refractivity contribution in [3.8, 4) is 0 Å². The molecule has 0 aromatic carbocycles. The number of piperidine rings is 1. The number of hydrogen-bond donors (Lipinski definition) is 0. The monoisotopic (exact) mass is 271 g/mol. The Morgan fingerprint density at radius 3 is 2.58 bits per heavy atom. The third kappa shape index (κ3) is 6.28. The van der Waals surface area contributed by atoms with E-state index in [2.05, 4.69) is 13.8 Å². The Morgan fingerprint density at radius 2 is 2.00 bits per heavy atom. The van der Waals surface area contributed by atoms with Crippen LogP contribution >= 0.6 is 0 Å². The second-order valence-electron chi connectivity index (χ2n) is 6.68. The highest BCUT2D eigenvalue weighted by molar-refractivity contribution is 5.68. The van der Waals surface area contributed by atoms with Crippen molar-refractivity contribution in [2.75, 3.05) is 13.2 Å². The standard InChI is InChI=1S/C15H29NO3/c1-12(2)9-11-18-13-8-6-7-10-16(13)14(17)19-15(3,4)5/h12-13H,6-11H2,1-5H3. The molecule has 1 fully saturated rings. The van der Waals surface area contributed by atoms with Gasteiger partial charge in [-0.1, -0.05) is 13.8 Å². The second-order valence-corrected chi connectivity index (χ2v) is 6.68. The van der Waals surface area contributed by atoms with E-state index >= 15 is 0 Å². The van der Waals surface area contributed by atoms with Crippen LogP contribution in [0.2, 0.25) is 0 Å². The first-order chi connectivity index (χ1) is 8.79. The predicted octanol–water partition coefficient (Wildman–Crippen LogP) is 3.80. The summed E-state index contributed by atoms with van der Waals surface area (Å²) in [4.78, 5) is 13.9. The van der Waals surface area contributed by atoms with E-state index in [1.54, 1.807) is 4.90 Å². The van der Waals surface area contributed by atoms with Gasteiger partial charge in [-0.2, -0.15) is 0 Å². The van der Waals surface area contributed by atoms with Gasteiger partial charge in [-0.25, -0.2) is 4.79 Å². The molecule has 1 rings (SSSR count). The fourth-order valence-corrected chi connectivity index (χ4v) is 2.04. The summed E-state index contributed by atoms with van der Waals surface area (Å²) in [7, 11) is 0. The first-order valence-corrected chi connectivity index (χ1v) is 7.41. The molecule has 1 aliphatic heterocycles. The van der Waals surface area contributed by atoms with E-state index in [-0.39, 0.29) is 12.3 Å². The first kappa shape index (κ1) is 16.3. The van der Waals surface area contributed by atoms with E-state index in [0.29, 0.717) is 12.5 Å². The molecule has 0 aliphatic carbocycles. The zero-order valence-electron chi connectivity index (χ0n) is 13.1. The summed E-state index contributed by atoms with van der Waals surface area (Å²) in [5, 5.41) is 0. The minimum atomic E-state index is -0.447. The molecular weight excluding hydrogens is 242 g/mol. The van der Waals surface area contributed by atoms with Crippen LogP contribution in [0.15, 0.2) is 0 Å². The van der Waals surface area contributed by atoms with E-state index in [0.717, 1.165) is 32.2 Å². The highest BCUT2D eigenvalue weighted by Gasteiger charge is 2.30. The van der Waals surface area contributed by atoms with Crippen LogP contribution in [-0.4, -0.2) is 36.0 Å². The van der Waals surface area contributed by atoms with Gasteiger partial charge in [-0.05, 0) is 52.4 Å². The predicted molar refractivity (Wildman–Crippen MR) is 76.0 cm³/mol. The van der Waals surface area contributed by atoms with Crippen molar-refractivity contribution < 1.29 is 14.3 Å². The summed E-state index contributed by atoms with van der Waals surface area (Å²) in [6.07, 6.45) is 3.73. The first-order valence-electron chi connectivity index (χ1n) is 7.41. The lowest BCUT2D eigenvalue weighted by Crippen LogP contribution is -2.47. The molecule has 1 amide bonds. The Morgan fingerprint density at radius 1 is 1.32 bits per heavy atom.